The Hall–Kier alpha value is -3.38. The van der Waals surface area contributed by atoms with Crippen molar-refractivity contribution in [1.29, 1.82) is 0 Å². The zero-order valence-corrected chi connectivity index (χ0v) is 19.0. The van der Waals surface area contributed by atoms with Gasteiger partial charge in [-0.15, -0.1) is 0 Å². The molecule has 1 aliphatic heterocycles. The highest BCUT2D eigenvalue weighted by Crippen LogP contribution is 2.27. The van der Waals surface area contributed by atoms with Gasteiger partial charge in [0.25, 0.3) is 0 Å². The Bertz CT molecular complexity index is 1100. The van der Waals surface area contributed by atoms with Crippen molar-refractivity contribution in [2.24, 2.45) is 0 Å². The fourth-order valence-corrected chi connectivity index (χ4v) is 4.49. The fraction of sp³-hybridized carbons (Fsp3) is 0.333. The number of likely N-dealkylation sites (tertiary alicyclic amines) is 1. The van der Waals surface area contributed by atoms with E-state index >= 15 is 0 Å². The Kier molecular flexibility index (Phi) is 7.58. The number of hydrogen-bond acceptors (Lipinski definition) is 4. The molecule has 0 aliphatic carbocycles. The predicted molar refractivity (Wildman–Crippen MR) is 130 cm³/mol. The van der Waals surface area contributed by atoms with Gasteiger partial charge in [0.2, 0.25) is 11.8 Å². The molecule has 0 radical (unpaired) electrons. The third kappa shape index (κ3) is 5.90. The first-order valence-electron chi connectivity index (χ1n) is 11.5. The maximum absolute atomic E-state index is 12.5. The average Bonchev–Trinajstić information content (AvgIpc) is 3.38. The van der Waals surface area contributed by atoms with Crippen molar-refractivity contribution in [1.82, 2.24) is 15.5 Å². The van der Waals surface area contributed by atoms with Gasteiger partial charge in [-0.25, -0.2) is 0 Å². The summed E-state index contributed by atoms with van der Waals surface area (Å²) < 4.78 is 5.38. The van der Waals surface area contributed by atoms with Crippen LogP contribution in [0.5, 0.6) is 5.75 Å². The van der Waals surface area contributed by atoms with Crippen molar-refractivity contribution in [2.45, 2.75) is 25.3 Å². The molecule has 0 aromatic heterocycles. The van der Waals surface area contributed by atoms with E-state index in [0.29, 0.717) is 6.54 Å². The van der Waals surface area contributed by atoms with Crippen LogP contribution in [0.1, 0.15) is 30.0 Å². The molecule has 0 spiro atoms. The van der Waals surface area contributed by atoms with E-state index in [1.54, 1.807) is 7.11 Å². The number of benzene rings is 3. The van der Waals surface area contributed by atoms with Crippen LogP contribution in [0, 0.1) is 0 Å². The number of methoxy groups -OCH3 is 1. The largest absolute Gasteiger partial charge is 0.497 e. The van der Waals surface area contributed by atoms with Crippen molar-refractivity contribution < 1.29 is 14.3 Å². The lowest BCUT2D eigenvalue weighted by Gasteiger charge is -2.28. The highest BCUT2D eigenvalue weighted by Gasteiger charge is 2.24. The molecule has 0 bridgehead atoms. The van der Waals surface area contributed by atoms with Gasteiger partial charge < -0.3 is 15.4 Å². The van der Waals surface area contributed by atoms with Crippen LogP contribution in [0.3, 0.4) is 0 Å². The standard InChI is InChI=1S/C27H31N3O3/c1-33-23-12-7-11-22(16-23)25(30-14-4-5-15-30)18-28-27(32)19-29-26(31)17-21-10-6-9-20-8-2-3-13-24(20)21/h2-3,6-13,16,25H,4-5,14-15,17-19H2,1H3,(H,28,32)(H,29,31)/t25-/m1/s1. The topological polar surface area (TPSA) is 70.7 Å². The van der Waals surface area contributed by atoms with Gasteiger partial charge in [-0.05, 0) is 60.0 Å². The molecule has 4 rings (SSSR count). The Balaban J connectivity index is 1.32. The highest BCUT2D eigenvalue weighted by atomic mass is 16.5. The van der Waals surface area contributed by atoms with Crippen LogP contribution < -0.4 is 15.4 Å². The summed E-state index contributed by atoms with van der Waals surface area (Å²) in [5.41, 5.74) is 2.08. The van der Waals surface area contributed by atoms with Crippen LogP contribution in [0.4, 0.5) is 0 Å². The zero-order valence-electron chi connectivity index (χ0n) is 19.0. The van der Waals surface area contributed by atoms with E-state index in [1.807, 2.05) is 60.7 Å². The zero-order chi connectivity index (χ0) is 23.0. The van der Waals surface area contributed by atoms with E-state index in [0.717, 1.165) is 40.7 Å². The maximum Gasteiger partial charge on any atom is 0.239 e. The minimum atomic E-state index is -0.187. The summed E-state index contributed by atoms with van der Waals surface area (Å²) in [7, 11) is 1.66. The van der Waals surface area contributed by atoms with Crippen molar-refractivity contribution >= 4 is 22.6 Å². The summed E-state index contributed by atoms with van der Waals surface area (Å²) in [6.07, 6.45) is 2.58. The molecular weight excluding hydrogens is 414 g/mol. The summed E-state index contributed by atoms with van der Waals surface area (Å²) >= 11 is 0. The van der Waals surface area contributed by atoms with E-state index in [4.69, 9.17) is 4.74 Å². The number of carbonyl (C=O) groups excluding carboxylic acids is 2. The van der Waals surface area contributed by atoms with Crippen LogP contribution in [-0.4, -0.2) is 50.0 Å². The molecule has 33 heavy (non-hydrogen) atoms. The lowest BCUT2D eigenvalue weighted by atomic mass is 10.0. The van der Waals surface area contributed by atoms with Crippen molar-refractivity contribution in [3.63, 3.8) is 0 Å². The van der Waals surface area contributed by atoms with E-state index in [1.165, 1.54) is 12.8 Å². The SMILES string of the molecule is COc1cccc([C@@H](CNC(=O)CNC(=O)Cc2cccc3ccccc23)N2CCCC2)c1. The third-order valence-electron chi connectivity index (χ3n) is 6.23. The summed E-state index contributed by atoms with van der Waals surface area (Å²) in [5, 5.41) is 7.93. The number of hydrogen-bond donors (Lipinski definition) is 2. The van der Waals surface area contributed by atoms with Gasteiger partial charge in [0, 0.05) is 6.54 Å². The van der Waals surface area contributed by atoms with E-state index in [-0.39, 0.29) is 30.8 Å². The molecule has 2 N–H and O–H groups in total. The van der Waals surface area contributed by atoms with E-state index < -0.39 is 0 Å². The molecule has 0 saturated carbocycles. The number of amides is 2. The maximum atomic E-state index is 12.5. The number of fused-ring (bicyclic) bond motifs is 1. The van der Waals surface area contributed by atoms with E-state index in [9.17, 15) is 9.59 Å². The third-order valence-corrected chi connectivity index (χ3v) is 6.23. The first-order valence-corrected chi connectivity index (χ1v) is 11.5. The number of ether oxygens (including phenoxy) is 1. The highest BCUT2D eigenvalue weighted by molar-refractivity contribution is 5.91. The van der Waals surface area contributed by atoms with Crippen LogP contribution >= 0.6 is 0 Å². The Morgan fingerprint density at radius 3 is 2.52 bits per heavy atom. The summed E-state index contributed by atoms with van der Waals surface area (Å²) in [6, 6.07) is 22.0. The fourth-order valence-electron chi connectivity index (χ4n) is 4.49. The monoisotopic (exact) mass is 445 g/mol. The minimum absolute atomic E-state index is 0.0333. The van der Waals surface area contributed by atoms with Gasteiger partial charge in [-0.2, -0.15) is 0 Å². The average molecular weight is 446 g/mol. The molecule has 1 heterocycles. The number of nitrogens with zero attached hydrogens (tertiary/aromatic N) is 1. The molecule has 3 aromatic carbocycles. The van der Waals surface area contributed by atoms with Gasteiger partial charge in [-0.1, -0.05) is 54.6 Å². The van der Waals surface area contributed by atoms with Crippen molar-refractivity contribution in [3.05, 3.63) is 77.9 Å². The molecule has 1 saturated heterocycles. The van der Waals surface area contributed by atoms with Gasteiger partial charge in [0.15, 0.2) is 0 Å². The van der Waals surface area contributed by atoms with Gasteiger partial charge in [0.1, 0.15) is 5.75 Å². The molecule has 3 aromatic rings. The van der Waals surface area contributed by atoms with Crippen LogP contribution in [0.2, 0.25) is 0 Å². The lowest BCUT2D eigenvalue weighted by Crippen LogP contribution is -2.41. The predicted octanol–water partition coefficient (Wildman–Crippen LogP) is 3.46. The van der Waals surface area contributed by atoms with Gasteiger partial charge in [-0.3, -0.25) is 14.5 Å². The first kappa shape index (κ1) is 22.8. The van der Waals surface area contributed by atoms with Crippen LogP contribution in [0.25, 0.3) is 10.8 Å². The number of carbonyl (C=O) groups is 2. The molecule has 1 aliphatic rings. The van der Waals surface area contributed by atoms with Crippen molar-refractivity contribution in [2.75, 3.05) is 33.3 Å². The lowest BCUT2D eigenvalue weighted by molar-refractivity contribution is -0.125. The molecular formula is C27H31N3O3. The van der Waals surface area contributed by atoms with Crippen LogP contribution in [0.15, 0.2) is 66.7 Å². The molecule has 1 fully saturated rings. The molecule has 2 amide bonds. The Morgan fingerprint density at radius 2 is 1.70 bits per heavy atom. The van der Waals surface area contributed by atoms with Gasteiger partial charge in [0.05, 0.1) is 26.1 Å². The smallest absolute Gasteiger partial charge is 0.239 e. The molecule has 0 unspecified atom stereocenters. The first-order chi connectivity index (χ1) is 16.1. The van der Waals surface area contributed by atoms with E-state index in [2.05, 4.69) is 21.6 Å². The molecule has 1 atom stereocenters. The normalized spacial score (nSPS) is 14.7. The second-order valence-electron chi connectivity index (χ2n) is 8.43. The Labute approximate surface area is 194 Å². The summed E-state index contributed by atoms with van der Waals surface area (Å²) in [5.74, 6) is 0.461. The summed E-state index contributed by atoms with van der Waals surface area (Å²) in [4.78, 5) is 27.4. The summed E-state index contributed by atoms with van der Waals surface area (Å²) in [6.45, 7) is 2.48. The van der Waals surface area contributed by atoms with Crippen LogP contribution in [-0.2, 0) is 16.0 Å². The second-order valence-corrected chi connectivity index (χ2v) is 8.43. The van der Waals surface area contributed by atoms with Gasteiger partial charge >= 0.3 is 0 Å². The second kappa shape index (κ2) is 11.0. The number of nitrogens with one attached hydrogen (secondary N) is 2. The molecule has 6 nitrogen and oxygen atoms in total. The van der Waals surface area contributed by atoms with Crippen molar-refractivity contribution in [3.8, 4) is 5.75 Å². The minimum Gasteiger partial charge on any atom is -0.497 e. The molecule has 172 valence electrons. The Morgan fingerprint density at radius 1 is 0.939 bits per heavy atom. The molecule has 6 heteroatoms. The number of rotatable bonds is 9. The quantitative estimate of drug-likeness (QED) is 0.529.